The van der Waals surface area contributed by atoms with E-state index in [1.807, 2.05) is 6.20 Å². The van der Waals surface area contributed by atoms with Crippen LogP contribution in [0.4, 0.5) is 0 Å². The van der Waals surface area contributed by atoms with Crippen molar-refractivity contribution in [1.29, 1.82) is 0 Å². The lowest BCUT2D eigenvalue weighted by Crippen LogP contribution is -2.18. The van der Waals surface area contributed by atoms with E-state index in [0.29, 0.717) is 12.5 Å². The second kappa shape index (κ2) is 2.83. The predicted molar refractivity (Wildman–Crippen MR) is 41.4 cm³/mol. The van der Waals surface area contributed by atoms with Crippen molar-refractivity contribution >= 4 is 11.6 Å². The number of hydrogen-bond donors (Lipinski definition) is 0. The average Bonchev–Trinajstić information content (AvgIpc) is 2.47. The molecule has 2 rings (SSSR count). The molecule has 1 aromatic heterocycles. The minimum Gasteiger partial charge on any atom is -0.372 e. The van der Waals surface area contributed by atoms with Gasteiger partial charge in [0.05, 0.1) is 18.2 Å². The Bertz CT molecular complexity index is 245. The molecule has 0 bridgehead atoms. The summed E-state index contributed by atoms with van der Waals surface area (Å²) in [6, 6.07) is 0. The molecule has 0 saturated carbocycles. The zero-order valence-electron chi connectivity index (χ0n) is 6.09. The molecule has 1 aliphatic heterocycles. The van der Waals surface area contributed by atoms with E-state index in [4.69, 9.17) is 16.3 Å². The molecule has 0 unspecified atom stereocenters. The minimum absolute atomic E-state index is 0.535. The van der Waals surface area contributed by atoms with Crippen LogP contribution in [0.5, 0.6) is 0 Å². The van der Waals surface area contributed by atoms with E-state index in [9.17, 15) is 0 Å². The highest BCUT2D eigenvalue weighted by molar-refractivity contribution is 6.16. The quantitative estimate of drug-likeness (QED) is 0.595. The summed E-state index contributed by atoms with van der Waals surface area (Å²) in [5.41, 5.74) is 1.09. The Morgan fingerprint density at radius 1 is 1.73 bits per heavy atom. The van der Waals surface area contributed by atoms with Gasteiger partial charge in [0.15, 0.2) is 0 Å². The lowest BCUT2D eigenvalue weighted by Gasteiger charge is -2.15. The van der Waals surface area contributed by atoms with Crippen molar-refractivity contribution in [2.45, 2.75) is 19.0 Å². The van der Waals surface area contributed by atoms with Crippen molar-refractivity contribution in [3.05, 3.63) is 17.7 Å². The van der Waals surface area contributed by atoms with E-state index in [1.165, 1.54) is 0 Å². The molecule has 4 heteroatoms. The maximum absolute atomic E-state index is 5.70. The van der Waals surface area contributed by atoms with Gasteiger partial charge in [0.25, 0.3) is 0 Å². The Kier molecular flexibility index (Phi) is 1.84. The number of rotatable bonds is 1. The second-order valence-corrected chi connectivity index (χ2v) is 2.77. The first-order valence-electron chi connectivity index (χ1n) is 3.59. The van der Waals surface area contributed by atoms with Crippen LogP contribution in [0.15, 0.2) is 6.20 Å². The lowest BCUT2D eigenvalue weighted by molar-refractivity contribution is 0.0808. The standard InChI is InChI=1S/C7H9ClN2O/c8-3-6-4-9-7-5-11-2-1-10(6)7/h4H,1-3,5H2. The number of fused-ring (bicyclic) bond motifs is 1. The highest BCUT2D eigenvalue weighted by Crippen LogP contribution is 2.12. The van der Waals surface area contributed by atoms with Crippen LogP contribution >= 0.6 is 11.6 Å². The Labute approximate surface area is 69.9 Å². The zero-order valence-corrected chi connectivity index (χ0v) is 6.84. The van der Waals surface area contributed by atoms with E-state index >= 15 is 0 Å². The van der Waals surface area contributed by atoms with Gasteiger partial charge in [-0.15, -0.1) is 11.6 Å². The SMILES string of the molecule is ClCc1cnc2n1CCOC2. The number of imidazole rings is 1. The number of nitrogens with zero attached hydrogens (tertiary/aromatic N) is 2. The third-order valence-corrected chi connectivity index (χ3v) is 2.12. The molecule has 0 fully saturated rings. The topological polar surface area (TPSA) is 27.1 Å². The maximum Gasteiger partial charge on any atom is 0.135 e. The summed E-state index contributed by atoms with van der Waals surface area (Å²) in [5, 5.41) is 0. The molecule has 3 nitrogen and oxygen atoms in total. The van der Waals surface area contributed by atoms with Crippen LogP contribution < -0.4 is 0 Å². The van der Waals surface area contributed by atoms with Crippen LogP contribution in [0.3, 0.4) is 0 Å². The first-order chi connectivity index (χ1) is 5.42. The van der Waals surface area contributed by atoms with Crippen molar-refractivity contribution in [3.63, 3.8) is 0 Å². The van der Waals surface area contributed by atoms with Crippen molar-refractivity contribution in [3.8, 4) is 0 Å². The molecule has 0 aliphatic carbocycles. The summed E-state index contributed by atoms with van der Waals surface area (Å²) in [4.78, 5) is 4.18. The van der Waals surface area contributed by atoms with E-state index in [1.54, 1.807) is 0 Å². The van der Waals surface area contributed by atoms with E-state index in [0.717, 1.165) is 24.7 Å². The van der Waals surface area contributed by atoms with E-state index < -0.39 is 0 Å². The summed E-state index contributed by atoms with van der Waals surface area (Å²) >= 11 is 5.70. The normalized spacial score (nSPS) is 16.5. The lowest BCUT2D eigenvalue weighted by atomic mass is 10.4. The van der Waals surface area contributed by atoms with Gasteiger partial charge in [0.2, 0.25) is 0 Å². The van der Waals surface area contributed by atoms with Crippen molar-refractivity contribution < 1.29 is 4.74 Å². The molecular weight excluding hydrogens is 164 g/mol. The van der Waals surface area contributed by atoms with Crippen molar-refractivity contribution in [2.24, 2.45) is 0 Å². The summed E-state index contributed by atoms with van der Waals surface area (Å²) < 4.78 is 7.35. The largest absolute Gasteiger partial charge is 0.372 e. The second-order valence-electron chi connectivity index (χ2n) is 2.50. The Morgan fingerprint density at radius 2 is 2.64 bits per heavy atom. The molecule has 1 aromatic rings. The molecular formula is C7H9ClN2O. The van der Waals surface area contributed by atoms with Gasteiger partial charge < -0.3 is 9.30 Å². The van der Waals surface area contributed by atoms with Crippen molar-refractivity contribution in [1.82, 2.24) is 9.55 Å². The first kappa shape index (κ1) is 7.13. The summed E-state index contributed by atoms with van der Waals surface area (Å²) in [6.07, 6.45) is 1.82. The van der Waals surface area contributed by atoms with Gasteiger partial charge >= 0.3 is 0 Å². The monoisotopic (exact) mass is 172 g/mol. The fourth-order valence-corrected chi connectivity index (χ4v) is 1.48. The molecule has 0 saturated heterocycles. The molecule has 0 radical (unpaired) electrons. The molecule has 0 spiro atoms. The summed E-state index contributed by atoms with van der Waals surface area (Å²) in [6.45, 7) is 2.28. The third kappa shape index (κ3) is 1.14. The van der Waals surface area contributed by atoms with Crippen LogP contribution in [0, 0.1) is 0 Å². The molecule has 11 heavy (non-hydrogen) atoms. The van der Waals surface area contributed by atoms with Crippen LogP contribution in [-0.4, -0.2) is 16.2 Å². The predicted octanol–water partition coefficient (Wildman–Crippen LogP) is 1.15. The van der Waals surface area contributed by atoms with Gasteiger partial charge in [-0.25, -0.2) is 4.98 Å². The third-order valence-electron chi connectivity index (χ3n) is 1.85. The number of alkyl halides is 1. The van der Waals surface area contributed by atoms with Gasteiger partial charge in [0.1, 0.15) is 12.4 Å². The van der Waals surface area contributed by atoms with Gasteiger partial charge in [-0.2, -0.15) is 0 Å². The molecule has 60 valence electrons. The average molecular weight is 173 g/mol. The highest BCUT2D eigenvalue weighted by atomic mass is 35.5. The molecule has 2 heterocycles. The fraction of sp³-hybridized carbons (Fsp3) is 0.571. The first-order valence-corrected chi connectivity index (χ1v) is 4.12. The smallest absolute Gasteiger partial charge is 0.135 e. The Morgan fingerprint density at radius 3 is 3.45 bits per heavy atom. The summed E-state index contributed by atoms with van der Waals surface area (Å²) in [5.74, 6) is 1.53. The van der Waals surface area contributed by atoms with Crippen molar-refractivity contribution in [2.75, 3.05) is 6.61 Å². The zero-order chi connectivity index (χ0) is 7.68. The molecule has 0 aromatic carbocycles. The Hall–Kier alpha value is -0.540. The van der Waals surface area contributed by atoms with Crippen LogP contribution in [0.1, 0.15) is 11.5 Å². The number of hydrogen-bond acceptors (Lipinski definition) is 2. The number of aromatic nitrogens is 2. The summed E-state index contributed by atoms with van der Waals surface area (Å²) in [7, 11) is 0. The number of ether oxygens (including phenoxy) is 1. The van der Waals surface area contributed by atoms with Crippen LogP contribution in [0.25, 0.3) is 0 Å². The van der Waals surface area contributed by atoms with Crippen LogP contribution in [0.2, 0.25) is 0 Å². The van der Waals surface area contributed by atoms with Crippen LogP contribution in [-0.2, 0) is 23.8 Å². The van der Waals surface area contributed by atoms with Gasteiger partial charge in [-0.05, 0) is 0 Å². The fourth-order valence-electron chi connectivity index (χ4n) is 1.27. The highest BCUT2D eigenvalue weighted by Gasteiger charge is 2.12. The molecule has 0 N–H and O–H groups in total. The maximum atomic E-state index is 5.70. The van der Waals surface area contributed by atoms with E-state index in [-0.39, 0.29) is 0 Å². The number of halogens is 1. The van der Waals surface area contributed by atoms with Gasteiger partial charge in [-0.1, -0.05) is 0 Å². The molecule has 1 aliphatic rings. The minimum atomic E-state index is 0.535. The van der Waals surface area contributed by atoms with Gasteiger partial charge in [-0.3, -0.25) is 0 Å². The van der Waals surface area contributed by atoms with E-state index in [2.05, 4.69) is 9.55 Å². The Balaban J connectivity index is 2.38. The molecule has 0 atom stereocenters. The molecule has 0 amide bonds. The van der Waals surface area contributed by atoms with Gasteiger partial charge in [0, 0.05) is 12.7 Å².